The van der Waals surface area contributed by atoms with E-state index in [4.69, 9.17) is 5.73 Å². The van der Waals surface area contributed by atoms with Gasteiger partial charge in [0.25, 0.3) is 0 Å². The number of nitrogens with zero attached hydrogens (tertiary/aromatic N) is 1. The molecule has 2 N–H and O–H groups in total. The molecule has 1 aromatic rings. The Kier molecular flexibility index (Phi) is 3.94. The number of anilines is 1. The molecule has 0 bridgehead atoms. The van der Waals surface area contributed by atoms with Crippen molar-refractivity contribution in [3.05, 3.63) is 30.3 Å². The lowest BCUT2D eigenvalue weighted by Crippen LogP contribution is -2.35. The third kappa shape index (κ3) is 2.74. The summed E-state index contributed by atoms with van der Waals surface area (Å²) in [6.07, 6.45) is 0. The Morgan fingerprint density at radius 2 is 2.07 bits per heavy atom. The predicted molar refractivity (Wildman–Crippen MR) is 54.9 cm³/mol. The third-order valence-corrected chi connectivity index (χ3v) is 1.89. The van der Waals surface area contributed by atoms with Crippen LogP contribution in [0.15, 0.2) is 30.3 Å². The summed E-state index contributed by atoms with van der Waals surface area (Å²) in [5.41, 5.74) is 6.44. The van der Waals surface area contributed by atoms with Gasteiger partial charge in [0.2, 0.25) is 0 Å². The van der Waals surface area contributed by atoms with E-state index in [2.05, 4.69) is 4.74 Å². The molecule has 0 amide bonds. The van der Waals surface area contributed by atoms with E-state index in [9.17, 15) is 4.79 Å². The minimum absolute atomic E-state index is 0.178. The second kappa shape index (κ2) is 5.24. The summed E-state index contributed by atoms with van der Waals surface area (Å²) in [5, 5.41) is 0. The molecule has 0 aliphatic rings. The van der Waals surface area contributed by atoms with Crippen LogP contribution in [0.5, 0.6) is 0 Å². The summed E-state index contributed by atoms with van der Waals surface area (Å²) in [5.74, 6) is -0.292. The Balaban J connectivity index is 2.68. The van der Waals surface area contributed by atoms with Crippen molar-refractivity contribution in [3.63, 3.8) is 0 Å². The van der Waals surface area contributed by atoms with E-state index < -0.39 is 0 Å². The highest BCUT2D eigenvalue weighted by Crippen LogP contribution is 2.11. The number of rotatable bonds is 4. The zero-order valence-corrected chi connectivity index (χ0v) is 8.14. The molecule has 0 radical (unpaired) electrons. The van der Waals surface area contributed by atoms with Gasteiger partial charge in [0.1, 0.15) is 6.54 Å². The maximum atomic E-state index is 11.0. The minimum Gasteiger partial charge on any atom is -0.468 e. The molecule has 14 heavy (non-hydrogen) atoms. The largest absolute Gasteiger partial charge is 0.468 e. The number of benzene rings is 1. The molecule has 1 rings (SSSR count). The summed E-state index contributed by atoms with van der Waals surface area (Å²) < 4.78 is 4.57. The molecule has 0 saturated carbocycles. The third-order valence-electron chi connectivity index (χ3n) is 1.89. The second-order valence-corrected chi connectivity index (χ2v) is 2.79. The van der Waals surface area contributed by atoms with Crippen molar-refractivity contribution >= 4 is 11.7 Å². The Morgan fingerprint density at radius 1 is 1.43 bits per heavy atom. The van der Waals surface area contributed by atoms with Crippen molar-refractivity contribution in [2.24, 2.45) is 5.73 Å². The smallest absolute Gasteiger partial charge is 0.325 e. The van der Waals surface area contributed by atoms with Gasteiger partial charge in [-0.15, -0.1) is 0 Å². The highest BCUT2D eigenvalue weighted by molar-refractivity contribution is 5.75. The zero-order chi connectivity index (χ0) is 10.4. The number of esters is 1. The lowest BCUT2D eigenvalue weighted by Gasteiger charge is -2.20. The van der Waals surface area contributed by atoms with Crippen molar-refractivity contribution in [3.8, 4) is 0 Å². The SMILES string of the molecule is COC(=O)CN(CN)c1ccccc1. The van der Waals surface area contributed by atoms with Crippen LogP contribution in [0, 0.1) is 0 Å². The van der Waals surface area contributed by atoms with E-state index in [1.54, 1.807) is 4.90 Å². The average Bonchev–Trinajstić information content (AvgIpc) is 2.26. The van der Waals surface area contributed by atoms with Crippen LogP contribution in [-0.4, -0.2) is 26.3 Å². The molecule has 0 unspecified atom stereocenters. The van der Waals surface area contributed by atoms with Crippen LogP contribution in [0.3, 0.4) is 0 Å². The Bertz CT molecular complexity index is 287. The predicted octanol–water partition coefficient (Wildman–Crippen LogP) is 0.582. The molecule has 0 atom stereocenters. The van der Waals surface area contributed by atoms with E-state index in [-0.39, 0.29) is 12.5 Å². The Morgan fingerprint density at radius 3 is 2.57 bits per heavy atom. The lowest BCUT2D eigenvalue weighted by atomic mass is 10.3. The number of carbonyl (C=O) groups is 1. The van der Waals surface area contributed by atoms with Crippen LogP contribution in [0.2, 0.25) is 0 Å². The Hall–Kier alpha value is -1.55. The summed E-state index contributed by atoms with van der Waals surface area (Å²) in [6.45, 7) is 0.468. The first kappa shape index (κ1) is 10.5. The van der Waals surface area contributed by atoms with Gasteiger partial charge in [-0.1, -0.05) is 18.2 Å². The zero-order valence-electron chi connectivity index (χ0n) is 8.14. The maximum Gasteiger partial charge on any atom is 0.325 e. The summed E-state index contributed by atoms with van der Waals surface area (Å²) in [4.78, 5) is 12.8. The van der Waals surface area contributed by atoms with Gasteiger partial charge in [-0.25, -0.2) is 0 Å². The van der Waals surface area contributed by atoms with Crippen molar-refractivity contribution < 1.29 is 9.53 Å². The summed E-state index contributed by atoms with van der Waals surface area (Å²) in [7, 11) is 1.36. The van der Waals surface area contributed by atoms with Gasteiger partial charge in [-0.05, 0) is 12.1 Å². The van der Waals surface area contributed by atoms with Gasteiger partial charge in [0, 0.05) is 5.69 Å². The number of hydrogen-bond donors (Lipinski definition) is 1. The summed E-state index contributed by atoms with van der Waals surface area (Å²) >= 11 is 0. The van der Waals surface area contributed by atoms with Crippen molar-refractivity contribution in [2.75, 3.05) is 25.2 Å². The fraction of sp³-hybridized carbons (Fsp3) is 0.300. The van der Waals surface area contributed by atoms with Gasteiger partial charge in [-0.2, -0.15) is 0 Å². The molecular weight excluding hydrogens is 180 g/mol. The number of ether oxygens (including phenoxy) is 1. The maximum absolute atomic E-state index is 11.0. The Labute approximate surface area is 83.3 Å². The lowest BCUT2D eigenvalue weighted by molar-refractivity contribution is -0.138. The molecule has 0 aliphatic carbocycles. The fourth-order valence-electron chi connectivity index (χ4n) is 1.12. The van der Waals surface area contributed by atoms with E-state index in [0.29, 0.717) is 6.67 Å². The van der Waals surface area contributed by atoms with Crippen LogP contribution in [-0.2, 0) is 9.53 Å². The van der Waals surface area contributed by atoms with Crippen molar-refractivity contribution in [1.82, 2.24) is 0 Å². The molecule has 76 valence electrons. The average molecular weight is 194 g/mol. The van der Waals surface area contributed by atoms with Crippen LogP contribution in [0.4, 0.5) is 5.69 Å². The highest BCUT2D eigenvalue weighted by atomic mass is 16.5. The molecule has 0 spiro atoms. The first-order valence-corrected chi connectivity index (χ1v) is 4.35. The molecular formula is C10H14N2O2. The van der Waals surface area contributed by atoms with Crippen molar-refractivity contribution in [2.45, 2.75) is 0 Å². The molecule has 0 fully saturated rings. The van der Waals surface area contributed by atoms with Gasteiger partial charge >= 0.3 is 5.97 Å². The quantitative estimate of drug-likeness (QED) is 0.562. The first-order valence-electron chi connectivity index (χ1n) is 4.35. The topological polar surface area (TPSA) is 55.6 Å². The van der Waals surface area contributed by atoms with Gasteiger partial charge in [0.05, 0.1) is 13.8 Å². The molecule has 0 saturated heterocycles. The normalized spacial score (nSPS) is 9.57. The van der Waals surface area contributed by atoms with E-state index in [1.165, 1.54) is 7.11 Å². The molecule has 0 aromatic heterocycles. The van der Waals surface area contributed by atoms with E-state index >= 15 is 0 Å². The van der Waals surface area contributed by atoms with E-state index in [1.807, 2.05) is 30.3 Å². The van der Waals surface area contributed by atoms with Crippen LogP contribution in [0.1, 0.15) is 0 Å². The van der Waals surface area contributed by atoms with Gasteiger partial charge in [-0.3, -0.25) is 4.79 Å². The first-order chi connectivity index (χ1) is 6.77. The molecule has 0 heterocycles. The molecule has 0 aliphatic heterocycles. The van der Waals surface area contributed by atoms with Gasteiger partial charge in [0.15, 0.2) is 0 Å². The number of para-hydroxylation sites is 1. The molecule has 4 heteroatoms. The van der Waals surface area contributed by atoms with E-state index in [0.717, 1.165) is 5.69 Å². The summed E-state index contributed by atoms with van der Waals surface area (Å²) in [6, 6.07) is 9.51. The van der Waals surface area contributed by atoms with Crippen LogP contribution < -0.4 is 10.6 Å². The molecule has 4 nitrogen and oxygen atoms in total. The monoisotopic (exact) mass is 194 g/mol. The van der Waals surface area contributed by atoms with Gasteiger partial charge < -0.3 is 15.4 Å². The minimum atomic E-state index is -0.292. The van der Waals surface area contributed by atoms with Crippen LogP contribution >= 0.6 is 0 Å². The second-order valence-electron chi connectivity index (χ2n) is 2.79. The number of nitrogens with two attached hydrogens (primary N) is 1. The van der Waals surface area contributed by atoms with Crippen LogP contribution in [0.25, 0.3) is 0 Å². The standard InChI is InChI=1S/C10H14N2O2/c1-14-10(13)7-12(8-11)9-5-3-2-4-6-9/h2-6H,7-8,11H2,1H3. The number of hydrogen-bond acceptors (Lipinski definition) is 4. The van der Waals surface area contributed by atoms with Crippen molar-refractivity contribution in [1.29, 1.82) is 0 Å². The molecule has 1 aromatic carbocycles. The number of methoxy groups -OCH3 is 1. The number of carbonyl (C=O) groups excluding carboxylic acids is 1. The fourth-order valence-corrected chi connectivity index (χ4v) is 1.12. The highest BCUT2D eigenvalue weighted by Gasteiger charge is 2.08.